The molecule has 1 spiro atoms. The molecule has 1 atom stereocenters. The standard InChI is InChI=1S/C19H25N3O2/c23-17(13-21-10-6-15-4-1-2-5-16(15)12-21)22-11-8-19(14-22)7-3-9-20-18(19)24/h1-2,4-5H,3,6-14H2,(H,20,24). The van der Waals surface area contributed by atoms with Crippen molar-refractivity contribution in [3.8, 4) is 0 Å². The van der Waals surface area contributed by atoms with Gasteiger partial charge in [-0.05, 0) is 36.8 Å². The van der Waals surface area contributed by atoms with E-state index in [1.54, 1.807) is 0 Å². The largest absolute Gasteiger partial charge is 0.356 e. The van der Waals surface area contributed by atoms with Gasteiger partial charge >= 0.3 is 0 Å². The fraction of sp³-hybridized carbons (Fsp3) is 0.579. The van der Waals surface area contributed by atoms with Gasteiger partial charge in [0.15, 0.2) is 0 Å². The SMILES string of the molecule is O=C(CN1CCc2ccccc2C1)N1CCC2(CCCNC2=O)C1. The molecule has 0 aliphatic carbocycles. The number of carbonyl (C=O) groups excluding carboxylic acids is 2. The minimum absolute atomic E-state index is 0.149. The van der Waals surface area contributed by atoms with Crippen LogP contribution in [0.2, 0.25) is 0 Å². The summed E-state index contributed by atoms with van der Waals surface area (Å²) in [6.07, 6.45) is 3.76. The van der Waals surface area contributed by atoms with Gasteiger partial charge in [-0.2, -0.15) is 0 Å². The van der Waals surface area contributed by atoms with Crippen molar-refractivity contribution in [1.29, 1.82) is 0 Å². The summed E-state index contributed by atoms with van der Waals surface area (Å²) in [6, 6.07) is 8.48. The van der Waals surface area contributed by atoms with Gasteiger partial charge in [0.25, 0.3) is 0 Å². The number of likely N-dealkylation sites (tertiary alicyclic amines) is 1. The van der Waals surface area contributed by atoms with Crippen LogP contribution in [0, 0.1) is 5.41 Å². The van der Waals surface area contributed by atoms with Crippen LogP contribution in [0.25, 0.3) is 0 Å². The number of benzene rings is 1. The van der Waals surface area contributed by atoms with Crippen molar-refractivity contribution in [2.45, 2.75) is 32.2 Å². The van der Waals surface area contributed by atoms with Gasteiger partial charge in [0.2, 0.25) is 11.8 Å². The van der Waals surface area contributed by atoms with E-state index >= 15 is 0 Å². The molecular weight excluding hydrogens is 302 g/mol. The summed E-state index contributed by atoms with van der Waals surface area (Å²) >= 11 is 0. The first-order valence-electron chi connectivity index (χ1n) is 9.02. The van der Waals surface area contributed by atoms with E-state index in [2.05, 4.69) is 34.5 Å². The summed E-state index contributed by atoms with van der Waals surface area (Å²) in [5.41, 5.74) is 2.42. The van der Waals surface area contributed by atoms with Gasteiger partial charge in [0.05, 0.1) is 12.0 Å². The molecule has 3 aliphatic heterocycles. The van der Waals surface area contributed by atoms with Crippen molar-refractivity contribution in [3.63, 3.8) is 0 Å². The number of hydrogen-bond donors (Lipinski definition) is 1. The van der Waals surface area contributed by atoms with Crippen LogP contribution < -0.4 is 5.32 Å². The monoisotopic (exact) mass is 327 g/mol. The number of amides is 2. The lowest BCUT2D eigenvalue weighted by Gasteiger charge is -2.33. The zero-order valence-corrected chi connectivity index (χ0v) is 14.1. The molecule has 4 rings (SSSR count). The lowest BCUT2D eigenvalue weighted by atomic mass is 9.79. The molecule has 5 nitrogen and oxygen atoms in total. The Kier molecular flexibility index (Phi) is 4.04. The van der Waals surface area contributed by atoms with Crippen LogP contribution in [-0.2, 0) is 22.6 Å². The van der Waals surface area contributed by atoms with Gasteiger partial charge in [-0.25, -0.2) is 0 Å². The first-order valence-corrected chi connectivity index (χ1v) is 9.02. The summed E-state index contributed by atoms with van der Waals surface area (Å²) in [4.78, 5) is 29.1. The second-order valence-electron chi connectivity index (χ2n) is 7.43. The minimum Gasteiger partial charge on any atom is -0.356 e. The van der Waals surface area contributed by atoms with E-state index in [0.717, 1.165) is 51.9 Å². The Morgan fingerprint density at radius 1 is 1.17 bits per heavy atom. The van der Waals surface area contributed by atoms with Crippen LogP contribution in [0.1, 0.15) is 30.4 Å². The predicted octanol–water partition coefficient (Wildman–Crippen LogP) is 1.17. The Bertz CT molecular complexity index is 660. The number of fused-ring (bicyclic) bond motifs is 1. The second kappa shape index (κ2) is 6.20. The van der Waals surface area contributed by atoms with Crippen LogP contribution in [-0.4, -0.2) is 54.3 Å². The molecule has 1 N–H and O–H groups in total. The van der Waals surface area contributed by atoms with Gasteiger partial charge in [-0.1, -0.05) is 24.3 Å². The number of nitrogens with one attached hydrogen (secondary N) is 1. The van der Waals surface area contributed by atoms with Gasteiger partial charge in [0, 0.05) is 32.7 Å². The summed E-state index contributed by atoms with van der Waals surface area (Å²) in [6.45, 7) is 4.34. The molecule has 1 aromatic carbocycles. The maximum Gasteiger partial charge on any atom is 0.236 e. The third-order valence-electron chi connectivity index (χ3n) is 5.87. The minimum atomic E-state index is -0.317. The zero-order chi connectivity index (χ0) is 16.6. The fourth-order valence-electron chi connectivity index (χ4n) is 4.38. The zero-order valence-electron chi connectivity index (χ0n) is 14.1. The smallest absolute Gasteiger partial charge is 0.236 e. The second-order valence-corrected chi connectivity index (χ2v) is 7.43. The molecule has 2 saturated heterocycles. The van der Waals surface area contributed by atoms with E-state index in [9.17, 15) is 9.59 Å². The highest BCUT2D eigenvalue weighted by molar-refractivity contribution is 5.86. The van der Waals surface area contributed by atoms with Crippen molar-refractivity contribution in [1.82, 2.24) is 15.1 Å². The van der Waals surface area contributed by atoms with E-state index in [1.165, 1.54) is 11.1 Å². The molecule has 0 saturated carbocycles. The molecular formula is C19H25N3O2. The Morgan fingerprint density at radius 3 is 2.83 bits per heavy atom. The molecule has 24 heavy (non-hydrogen) atoms. The summed E-state index contributed by atoms with van der Waals surface area (Å²) in [5.74, 6) is 0.320. The highest BCUT2D eigenvalue weighted by Gasteiger charge is 2.46. The molecule has 1 aromatic rings. The van der Waals surface area contributed by atoms with Crippen molar-refractivity contribution in [2.24, 2.45) is 5.41 Å². The van der Waals surface area contributed by atoms with Crippen molar-refractivity contribution >= 4 is 11.8 Å². The number of nitrogens with zero attached hydrogens (tertiary/aromatic N) is 2. The third-order valence-corrected chi connectivity index (χ3v) is 5.87. The number of carbonyl (C=O) groups is 2. The van der Waals surface area contributed by atoms with Gasteiger partial charge in [-0.15, -0.1) is 0 Å². The van der Waals surface area contributed by atoms with Crippen LogP contribution in [0.4, 0.5) is 0 Å². The molecule has 2 fully saturated rings. The number of hydrogen-bond acceptors (Lipinski definition) is 3. The molecule has 2 amide bonds. The average molecular weight is 327 g/mol. The molecule has 0 radical (unpaired) electrons. The topological polar surface area (TPSA) is 52.7 Å². The molecule has 3 heterocycles. The lowest BCUT2D eigenvalue weighted by Crippen LogP contribution is -2.48. The highest BCUT2D eigenvalue weighted by atomic mass is 16.2. The fourth-order valence-corrected chi connectivity index (χ4v) is 4.38. The van der Waals surface area contributed by atoms with E-state index in [0.29, 0.717) is 13.1 Å². The summed E-state index contributed by atoms with van der Waals surface area (Å²) in [7, 11) is 0. The van der Waals surface area contributed by atoms with Crippen molar-refractivity contribution in [2.75, 3.05) is 32.7 Å². The lowest BCUT2D eigenvalue weighted by molar-refractivity contribution is -0.135. The van der Waals surface area contributed by atoms with Gasteiger partial charge in [0.1, 0.15) is 0 Å². The van der Waals surface area contributed by atoms with Crippen LogP contribution >= 0.6 is 0 Å². The van der Waals surface area contributed by atoms with Crippen LogP contribution in [0.5, 0.6) is 0 Å². The highest BCUT2D eigenvalue weighted by Crippen LogP contribution is 2.37. The normalized spacial score (nSPS) is 27.2. The molecule has 3 aliphatic rings. The molecule has 5 heteroatoms. The third kappa shape index (κ3) is 2.81. The Labute approximate surface area is 143 Å². The summed E-state index contributed by atoms with van der Waals surface area (Å²) in [5, 5.41) is 2.98. The van der Waals surface area contributed by atoms with Crippen LogP contribution in [0.15, 0.2) is 24.3 Å². The van der Waals surface area contributed by atoms with E-state index < -0.39 is 0 Å². The first kappa shape index (κ1) is 15.6. The maximum absolute atomic E-state index is 12.7. The summed E-state index contributed by atoms with van der Waals surface area (Å²) < 4.78 is 0. The van der Waals surface area contributed by atoms with E-state index in [1.807, 2.05) is 4.90 Å². The quantitative estimate of drug-likeness (QED) is 0.887. The molecule has 0 aromatic heterocycles. The Morgan fingerprint density at radius 2 is 2.00 bits per heavy atom. The van der Waals surface area contributed by atoms with Gasteiger partial charge < -0.3 is 10.2 Å². The maximum atomic E-state index is 12.7. The predicted molar refractivity (Wildman–Crippen MR) is 91.3 cm³/mol. The van der Waals surface area contributed by atoms with E-state index in [4.69, 9.17) is 0 Å². The van der Waals surface area contributed by atoms with E-state index in [-0.39, 0.29) is 17.2 Å². The Hall–Kier alpha value is -1.88. The number of piperidine rings is 1. The molecule has 128 valence electrons. The Balaban J connectivity index is 1.37. The van der Waals surface area contributed by atoms with Crippen LogP contribution in [0.3, 0.4) is 0 Å². The average Bonchev–Trinajstić information content (AvgIpc) is 3.03. The van der Waals surface area contributed by atoms with Crippen molar-refractivity contribution in [3.05, 3.63) is 35.4 Å². The molecule has 1 unspecified atom stereocenters. The number of rotatable bonds is 2. The van der Waals surface area contributed by atoms with Gasteiger partial charge in [-0.3, -0.25) is 14.5 Å². The molecule has 0 bridgehead atoms. The van der Waals surface area contributed by atoms with Crippen molar-refractivity contribution < 1.29 is 9.59 Å². The first-order chi connectivity index (χ1) is 11.7.